The summed E-state index contributed by atoms with van der Waals surface area (Å²) in [5, 5.41) is 2.03. The van der Waals surface area contributed by atoms with Crippen molar-refractivity contribution in [1.29, 1.82) is 0 Å². The second-order valence-corrected chi connectivity index (χ2v) is 5.03. The minimum Gasteiger partial charge on any atom is -0.410 e. The first-order chi connectivity index (χ1) is 9.75. The lowest BCUT2D eigenvalue weighted by Gasteiger charge is -2.22. The Morgan fingerprint density at radius 1 is 1.20 bits per heavy atom. The monoisotopic (exact) mass is 267 g/mol. The van der Waals surface area contributed by atoms with Crippen molar-refractivity contribution in [3.63, 3.8) is 0 Å². The summed E-state index contributed by atoms with van der Waals surface area (Å²) < 4.78 is 5.55. The van der Waals surface area contributed by atoms with Crippen LogP contribution in [0.2, 0.25) is 0 Å². The van der Waals surface area contributed by atoms with E-state index in [2.05, 4.69) is 12.2 Å². The van der Waals surface area contributed by atoms with E-state index in [0.29, 0.717) is 5.75 Å². The first kappa shape index (κ1) is 12.7. The largest absolute Gasteiger partial charge is 0.415 e. The van der Waals surface area contributed by atoms with Gasteiger partial charge in [-0.15, -0.1) is 0 Å². The summed E-state index contributed by atoms with van der Waals surface area (Å²) in [5.41, 5.74) is 0. The van der Waals surface area contributed by atoms with Crippen LogP contribution < -0.4 is 4.74 Å². The van der Waals surface area contributed by atoms with Crippen molar-refractivity contribution in [3.05, 3.63) is 54.6 Å². The number of allylic oxidation sites excluding steroid dienone is 1. The van der Waals surface area contributed by atoms with Gasteiger partial charge in [-0.2, -0.15) is 0 Å². The maximum atomic E-state index is 12.2. The van der Waals surface area contributed by atoms with Gasteiger partial charge in [0.25, 0.3) is 0 Å². The van der Waals surface area contributed by atoms with Crippen molar-refractivity contribution >= 4 is 16.9 Å². The van der Waals surface area contributed by atoms with Crippen LogP contribution in [0.4, 0.5) is 4.79 Å². The van der Waals surface area contributed by atoms with E-state index in [0.717, 1.165) is 23.6 Å². The Morgan fingerprint density at radius 3 is 2.80 bits per heavy atom. The highest BCUT2D eigenvalue weighted by molar-refractivity contribution is 5.90. The van der Waals surface area contributed by atoms with Crippen LogP contribution in [0.15, 0.2) is 54.6 Å². The first-order valence-electron chi connectivity index (χ1n) is 6.85. The van der Waals surface area contributed by atoms with E-state index in [1.54, 1.807) is 11.9 Å². The third-order valence-corrected chi connectivity index (χ3v) is 3.72. The molecule has 0 saturated heterocycles. The highest BCUT2D eigenvalue weighted by atomic mass is 16.6. The second kappa shape index (κ2) is 5.37. The topological polar surface area (TPSA) is 29.5 Å². The molecular weight excluding hydrogens is 250 g/mol. The summed E-state index contributed by atoms with van der Waals surface area (Å²) in [4.78, 5) is 13.9. The average molecular weight is 267 g/mol. The number of carbonyl (C=O) groups is 1. The molecule has 1 aliphatic carbocycles. The molecule has 1 amide bonds. The summed E-state index contributed by atoms with van der Waals surface area (Å²) >= 11 is 0. The lowest BCUT2D eigenvalue weighted by atomic mass is 10.1. The Hall–Kier alpha value is -2.29. The van der Waals surface area contributed by atoms with Crippen molar-refractivity contribution in [2.45, 2.75) is 18.9 Å². The van der Waals surface area contributed by atoms with Crippen LogP contribution in [-0.4, -0.2) is 24.1 Å². The van der Waals surface area contributed by atoms with Gasteiger partial charge in [0.15, 0.2) is 0 Å². The quantitative estimate of drug-likeness (QED) is 0.770. The van der Waals surface area contributed by atoms with Gasteiger partial charge in [-0.1, -0.05) is 48.6 Å². The summed E-state index contributed by atoms with van der Waals surface area (Å²) in [7, 11) is 1.79. The van der Waals surface area contributed by atoms with Crippen LogP contribution in [0.5, 0.6) is 5.75 Å². The molecule has 102 valence electrons. The van der Waals surface area contributed by atoms with E-state index < -0.39 is 0 Å². The van der Waals surface area contributed by atoms with Crippen molar-refractivity contribution in [1.82, 2.24) is 4.90 Å². The zero-order chi connectivity index (χ0) is 13.9. The van der Waals surface area contributed by atoms with Crippen molar-refractivity contribution < 1.29 is 9.53 Å². The fourth-order valence-electron chi connectivity index (χ4n) is 2.53. The summed E-state index contributed by atoms with van der Waals surface area (Å²) in [6.45, 7) is 0. The summed E-state index contributed by atoms with van der Waals surface area (Å²) in [5.74, 6) is 0.613. The van der Waals surface area contributed by atoms with E-state index in [4.69, 9.17) is 4.74 Å². The number of benzene rings is 2. The third kappa shape index (κ3) is 2.39. The molecule has 0 fully saturated rings. The molecule has 1 aliphatic rings. The van der Waals surface area contributed by atoms with Gasteiger partial charge in [-0.05, 0) is 24.3 Å². The van der Waals surface area contributed by atoms with Crippen LogP contribution in [0.3, 0.4) is 0 Å². The van der Waals surface area contributed by atoms with Gasteiger partial charge in [0.1, 0.15) is 5.75 Å². The van der Waals surface area contributed by atoms with Crippen LogP contribution in [0.1, 0.15) is 12.8 Å². The Kier molecular flexibility index (Phi) is 3.42. The van der Waals surface area contributed by atoms with E-state index in [9.17, 15) is 4.79 Å². The Balaban J connectivity index is 1.82. The average Bonchev–Trinajstić information content (AvgIpc) is 3.01. The van der Waals surface area contributed by atoms with E-state index in [1.807, 2.05) is 42.5 Å². The number of carbonyl (C=O) groups excluding carboxylic acids is 1. The summed E-state index contributed by atoms with van der Waals surface area (Å²) in [6.07, 6.45) is 5.85. The summed E-state index contributed by atoms with van der Waals surface area (Å²) in [6, 6.07) is 13.8. The molecule has 0 spiro atoms. The molecule has 3 rings (SSSR count). The number of hydrogen-bond acceptors (Lipinski definition) is 2. The minimum atomic E-state index is -0.307. The normalized spacial score (nSPS) is 17.4. The minimum absolute atomic E-state index is 0.150. The predicted octanol–water partition coefficient (Wildman–Crippen LogP) is 3.99. The van der Waals surface area contributed by atoms with E-state index >= 15 is 0 Å². The van der Waals surface area contributed by atoms with Crippen LogP contribution in [0, 0.1) is 0 Å². The fourth-order valence-corrected chi connectivity index (χ4v) is 2.53. The molecule has 2 aromatic rings. The highest BCUT2D eigenvalue weighted by Crippen LogP contribution is 2.26. The van der Waals surface area contributed by atoms with Gasteiger partial charge in [-0.25, -0.2) is 4.79 Å². The standard InChI is InChI=1S/C17H17NO2/c1-18(14-9-3-4-10-14)17(19)20-16-12-6-8-13-7-2-5-11-15(13)16/h2-3,5-9,11-12,14H,4,10H2,1H3/t14-/m1/s1. The van der Waals surface area contributed by atoms with Gasteiger partial charge in [0, 0.05) is 12.4 Å². The van der Waals surface area contributed by atoms with Gasteiger partial charge < -0.3 is 9.64 Å². The maximum absolute atomic E-state index is 12.2. The molecule has 0 aliphatic heterocycles. The molecule has 0 radical (unpaired) electrons. The molecule has 0 N–H and O–H groups in total. The SMILES string of the molecule is CN(C(=O)Oc1cccc2ccccc12)[C@@H]1C=CCC1. The van der Waals surface area contributed by atoms with Crippen LogP contribution >= 0.6 is 0 Å². The molecule has 0 unspecified atom stereocenters. The zero-order valence-electron chi connectivity index (χ0n) is 11.5. The number of amides is 1. The molecule has 0 saturated carbocycles. The Labute approximate surface area is 118 Å². The predicted molar refractivity (Wildman–Crippen MR) is 79.9 cm³/mol. The zero-order valence-corrected chi connectivity index (χ0v) is 11.5. The van der Waals surface area contributed by atoms with Crippen molar-refractivity contribution in [2.24, 2.45) is 0 Å². The maximum Gasteiger partial charge on any atom is 0.415 e. The molecule has 0 aromatic heterocycles. The lowest BCUT2D eigenvalue weighted by molar-refractivity contribution is 0.154. The third-order valence-electron chi connectivity index (χ3n) is 3.72. The molecule has 20 heavy (non-hydrogen) atoms. The highest BCUT2D eigenvalue weighted by Gasteiger charge is 2.21. The first-order valence-corrected chi connectivity index (χ1v) is 6.85. The van der Waals surface area contributed by atoms with Crippen molar-refractivity contribution in [3.8, 4) is 5.75 Å². The smallest absolute Gasteiger partial charge is 0.410 e. The molecule has 0 heterocycles. The number of hydrogen-bond donors (Lipinski definition) is 0. The van der Waals surface area contributed by atoms with Crippen molar-refractivity contribution in [2.75, 3.05) is 7.05 Å². The molecule has 1 atom stereocenters. The van der Waals surface area contributed by atoms with E-state index in [-0.39, 0.29) is 12.1 Å². The Bertz CT molecular complexity index is 658. The molecule has 0 bridgehead atoms. The second-order valence-electron chi connectivity index (χ2n) is 5.03. The number of likely N-dealkylation sites (N-methyl/N-ethyl adjacent to an activating group) is 1. The lowest BCUT2D eigenvalue weighted by Crippen LogP contribution is -2.36. The molecule has 2 aromatic carbocycles. The number of nitrogens with zero attached hydrogens (tertiary/aromatic N) is 1. The van der Waals surface area contributed by atoms with Gasteiger partial charge >= 0.3 is 6.09 Å². The number of fused-ring (bicyclic) bond motifs is 1. The van der Waals surface area contributed by atoms with Gasteiger partial charge in [0.2, 0.25) is 0 Å². The van der Waals surface area contributed by atoms with E-state index in [1.165, 1.54) is 0 Å². The molecular formula is C17H17NO2. The Morgan fingerprint density at radius 2 is 2.00 bits per heavy atom. The van der Waals surface area contributed by atoms with Gasteiger partial charge in [0.05, 0.1) is 6.04 Å². The van der Waals surface area contributed by atoms with Crippen LogP contribution in [-0.2, 0) is 0 Å². The molecule has 3 heteroatoms. The number of ether oxygens (including phenoxy) is 1. The fraction of sp³-hybridized carbons (Fsp3) is 0.235. The molecule has 3 nitrogen and oxygen atoms in total. The number of rotatable bonds is 2. The van der Waals surface area contributed by atoms with Gasteiger partial charge in [-0.3, -0.25) is 0 Å². The van der Waals surface area contributed by atoms with Crippen LogP contribution in [0.25, 0.3) is 10.8 Å².